The lowest BCUT2D eigenvalue weighted by Gasteiger charge is -2.11. The molecule has 0 fully saturated rings. The van der Waals surface area contributed by atoms with Crippen LogP contribution in [0.4, 0.5) is 8.78 Å². The summed E-state index contributed by atoms with van der Waals surface area (Å²) in [6.45, 7) is 1.65. The van der Waals surface area contributed by atoms with Crippen LogP contribution in [0.1, 0.15) is 21.6 Å². The molecule has 40 heavy (non-hydrogen) atoms. The summed E-state index contributed by atoms with van der Waals surface area (Å²) in [5.74, 6) is -1.08. The Bertz CT molecular complexity index is 1820. The van der Waals surface area contributed by atoms with Gasteiger partial charge < -0.3 is 19.2 Å². The number of hydrogen-bond donors (Lipinski definition) is 1. The zero-order valence-corrected chi connectivity index (χ0v) is 21.7. The van der Waals surface area contributed by atoms with Crippen molar-refractivity contribution in [3.05, 3.63) is 106 Å². The summed E-state index contributed by atoms with van der Waals surface area (Å²) in [5, 5.41) is 0. The summed E-state index contributed by atoms with van der Waals surface area (Å²) in [4.78, 5) is 37.8. The molecule has 0 aliphatic heterocycles. The van der Waals surface area contributed by atoms with E-state index < -0.39 is 22.8 Å². The highest BCUT2D eigenvalue weighted by molar-refractivity contribution is 5.98. The van der Waals surface area contributed by atoms with Gasteiger partial charge in [-0.3, -0.25) is 14.6 Å². The lowest BCUT2D eigenvalue weighted by molar-refractivity contribution is 0.0991. The number of ether oxygens (including phenoxy) is 3. The molecule has 0 amide bonds. The van der Waals surface area contributed by atoms with Gasteiger partial charge in [0.05, 0.1) is 31.5 Å². The SMILES string of the molecule is COc1cnc2c(Oc3ccc(CC(=O)c4c[nH]c(C)c(-c5ccc(OC)c(F)c5)c4=O)cc3F)ccnc2c1. The normalized spacial score (nSPS) is 10.9. The van der Waals surface area contributed by atoms with Crippen molar-refractivity contribution in [1.82, 2.24) is 15.0 Å². The van der Waals surface area contributed by atoms with Gasteiger partial charge in [0.2, 0.25) is 0 Å². The van der Waals surface area contributed by atoms with Crippen molar-refractivity contribution in [2.45, 2.75) is 13.3 Å². The molecule has 0 bridgehead atoms. The molecule has 8 nitrogen and oxygen atoms in total. The summed E-state index contributed by atoms with van der Waals surface area (Å²) in [5.41, 5.74) is 1.54. The number of rotatable bonds is 8. The van der Waals surface area contributed by atoms with Crippen molar-refractivity contribution >= 4 is 16.8 Å². The number of Topliss-reactive ketones (excluding diaryl/α,β-unsaturated/α-hetero) is 1. The molecule has 0 radical (unpaired) electrons. The van der Waals surface area contributed by atoms with E-state index in [1.165, 1.54) is 63.1 Å². The van der Waals surface area contributed by atoms with E-state index in [2.05, 4.69) is 15.0 Å². The maximum Gasteiger partial charge on any atom is 0.200 e. The van der Waals surface area contributed by atoms with Crippen LogP contribution in [0.3, 0.4) is 0 Å². The van der Waals surface area contributed by atoms with E-state index in [0.29, 0.717) is 39.4 Å². The van der Waals surface area contributed by atoms with Gasteiger partial charge in [-0.2, -0.15) is 0 Å². The molecule has 0 atom stereocenters. The first kappa shape index (κ1) is 26.5. The molecule has 5 aromatic rings. The number of pyridine rings is 3. The number of nitrogens with one attached hydrogen (secondary N) is 1. The topological polar surface area (TPSA) is 103 Å². The van der Waals surface area contributed by atoms with E-state index in [1.807, 2.05) is 0 Å². The van der Waals surface area contributed by atoms with Crippen LogP contribution in [0.15, 0.2) is 71.9 Å². The van der Waals surface area contributed by atoms with Crippen LogP contribution in [0.2, 0.25) is 0 Å². The lowest BCUT2D eigenvalue weighted by Crippen LogP contribution is -2.20. The zero-order chi connectivity index (χ0) is 28.4. The summed E-state index contributed by atoms with van der Waals surface area (Å²) in [6, 6.07) is 11.5. The maximum absolute atomic E-state index is 15.0. The predicted octanol–water partition coefficient (Wildman–Crippen LogP) is 5.81. The molecule has 3 aromatic heterocycles. The summed E-state index contributed by atoms with van der Waals surface area (Å²) >= 11 is 0. The van der Waals surface area contributed by atoms with Gasteiger partial charge in [0, 0.05) is 42.2 Å². The van der Waals surface area contributed by atoms with Gasteiger partial charge in [0.1, 0.15) is 11.3 Å². The molecule has 5 rings (SSSR count). The second kappa shape index (κ2) is 10.9. The van der Waals surface area contributed by atoms with Gasteiger partial charge in [-0.1, -0.05) is 12.1 Å². The third-order valence-electron chi connectivity index (χ3n) is 6.35. The first-order valence-electron chi connectivity index (χ1n) is 12.1. The molecule has 1 N–H and O–H groups in total. The molecule has 0 aliphatic carbocycles. The number of carbonyl (C=O) groups excluding carboxylic acids is 1. The number of hydrogen-bond acceptors (Lipinski definition) is 7. The third kappa shape index (κ3) is 5.11. The molecule has 0 saturated carbocycles. The Kier molecular flexibility index (Phi) is 7.24. The fourth-order valence-electron chi connectivity index (χ4n) is 4.32. The average molecular weight is 544 g/mol. The molecule has 10 heteroatoms. The van der Waals surface area contributed by atoms with E-state index in [1.54, 1.807) is 25.1 Å². The smallest absolute Gasteiger partial charge is 0.200 e. The average Bonchev–Trinajstić information content (AvgIpc) is 2.94. The van der Waals surface area contributed by atoms with Crippen molar-refractivity contribution in [3.63, 3.8) is 0 Å². The van der Waals surface area contributed by atoms with Gasteiger partial charge >= 0.3 is 0 Å². The quantitative estimate of drug-likeness (QED) is 0.247. The summed E-state index contributed by atoms with van der Waals surface area (Å²) in [6.07, 6.45) is 4.09. The molecule has 0 saturated heterocycles. The highest BCUT2D eigenvalue weighted by atomic mass is 19.1. The number of aryl methyl sites for hydroxylation is 1. The van der Waals surface area contributed by atoms with Crippen molar-refractivity contribution in [3.8, 4) is 34.1 Å². The number of fused-ring (bicyclic) bond motifs is 1. The third-order valence-corrected chi connectivity index (χ3v) is 6.35. The molecule has 2 aromatic carbocycles. The zero-order valence-electron chi connectivity index (χ0n) is 21.7. The molecule has 0 aliphatic rings. The number of carbonyl (C=O) groups is 1. The van der Waals surface area contributed by atoms with Crippen molar-refractivity contribution in [2.75, 3.05) is 14.2 Å². The Morgan fingerprint density at radius 1 is 0.925 bits per heavy atom. The van der Waals surface area contributed by atoms with Gasteiger partial charge in [-0.25, -0.2) is 13.8 Å². The van der Waals surface area contributed by atoms with Crippen LogP contribution in [0.5, 0.6) is 23.0 Å². The van der Waals surface area contributed by atoms with Crippen LogP contribution in [0.25, 0.3) is 22.2 Å². The van der Waals surface area contributed by atoms with Gasteiger partial charge in [-0.05, 0) is 42.3 Å². The van der Waals surface area contributed by atoms with E-state index in [9.17, 15) is 14.0 Å². The van der Waals surface area contributed by atoms with E-state index in [-0.39, 0.29) is 29.0 Å². The molecule has 202 valence electrons. The number of benzene rings is 2. The van der Waals surface area contributed by atoms with Crippen LogP contribution in [-0.4, -0.2) is 35.0 Å². The minimum Gasteiger partial charge on any atom is -0.495 e. The Morgan fingerprint density at radius 3 is 2.42 bits per heavy atom. The van der Waals surface area contributed by atoms with Gasteiger partial charge in [0.15, 0.2) is 40.1 Å². The number of nitrogens with zero attached hydrogens (tertiary/aromatic N) is 2. The monoisotopic (exact) mass is 543 g/mol. The van der Waals surface area contributed by atoms with Crippen LogP contribution in [-0.2, 0) is 6.42 Å². The van der Waals surface area contributed by atoms with E-state index >= 15 is 4.39 Å². The number of aromatic amines is 1. The van der Waals surface area contributed by atoms with Crippen LogP contribution in [0, 0.1) is 18.6 Å². The number of H-pyrrole nitrogens is 1. The number of methoxy groups -OCH3 is 2. The molecular weight excluding hydrogens is 520 g/mol. The van der Waals surface area contributed by atoms with Gasteiger partial charge in [-0.15, -0.1) is 0 Å². The Balaban J connectivity index is 1.39. The maximum atomic E-state index is 15.0. The van der Waals surface area contributed by atoms with Crippen LogP contribution < -0.4 is 19.6 Å². The van der Waals surface area contributed by atoms with Crippen molar-refractivity contribution < 1.29 is 27.8 Å². The van der Waals surface area contributed by atoms with Gasteiger partial charge in [0.25, 0.3) is 0 Å². The molecule has 0 spiro atoms. The standard InChI is InChI=1S/C30H23F2N3O5/c1-16-28(18-5-7-25(39-3)22(32)12-18)30(37)20(15-34-16)24(36)11-17-4-6-26(21(31)10-17)40-27-8-9-33-23-13-19(38-2)14-35-29(23)27/h4-10,12-15H,11H2,1-3H3,(H,34,37). The fraction of sp³-hybridized carbons (Fsp3) is 0.133. The molecule has 0 unspecified atom stereocenters. The second-order valence-electron chi connectivity index (χ2n) is 8.90. The van der Waals surface area contributed by atoms with E-state index in [4.69, 9.17) is 14.2 Å². The Labute approximate surface area is 227 Å². The lowest BCUT2D eigenvalue weighted by atomic mass is 9.97. The highest BCUT2D eigenvalue weighted by Crippen LogP contribution is 2.31. The largest absolute Gasteiger partial charge is 0.495 e. The number of halogens is 2. The predicted molar refractivity (Wildman–Crippen MR) is 144 cm³/mol. The highest BCUT2D eigenvalue weighted by Gasteiger charge is 2.19. The Hall–Kier alpha value is -5.12. The molecular formula is C30H23F2N3O5. The summed E-state index contributed by atoms with van der Waals surface area (Å²) < 4.78 is 45.2. The summed E-state index contributed by atoms with van der Waals surface area (Å²) in [7, 11) is 2.85. The first-order valence-corrected chi connectivity index (χ1v) is 12.1. The number of aromatic nitrogens is 3. The van der Waals surface area contributed by atoms with Crippen molar-refractivity contribution in [1.29, 1.82) is 0 Å². The van der Waals surface area contributed by atoms with E-state index in [0.717, 1.165) is 0 Å². The fourth-order valence-corrected chi connectivity index (χ4v) is 4.32. The van der Waals surface area contributed by atoms with Crippen LogP contribution >= 0.6 is 0 Å². The minimum absolute atomic E-state index is 0.0353. The second-order valence-corrected chi connectivity index (χ2v) is 8.90. The Morgan fingerprint density at radius 2 is 1.70 bits per heavy atom. The molecule has 3 heterocycles. The number of ketones is 1. The minimum atomic E-state index is -0.698. The first-order chi connectivity index (χ1) is 19.3. The van der Waals surface area contributed by atoms with Crippen molar-refractivity contribution in [2.24, 2.45) is 0 Å².